The van der Waals surface area contributed by atoms with Crippen molar-refractivity contribution in [1.29, 1.82) is 0 Å². The highest BCUT2D eigenvalue weighted by Crippen LogP contribution is 2.44. The van der Waals surface area contributed by atoms with Crippen molar-refractivity contribution in [2.75, 3.05) is 0 Å². The Morgan fingerprint density at radius 2 is 0.914 bits per heavy atom. The third kappa shape index (κ3) is 4.70. The summed E-state index contributed by atoms with van der Waals surface area (Å²) in [5.41, 5.74) is 13.4. The summed E-state index contributed by atoms with van der Waals surface area (Å²) >= 11 is 0. The third-order valence-electron chi connectivity index (χ3n) is 12.5. The number of benzene rings is 8. The predicted molar refractivity (Wildman–Crippen MR) is 245 cm³/mol. The quantitative estimate of drug-likeness (QED) is 0.122. The molecular formula is C54H37N3Si. The van der Waals surface area contributed by atoms with Gasteiger partial charge in [0.2, 0.25) is 0 Å². The fourth-order valence-electron chi connectivity index (χ4n) is 10.1. The van der Waals surface area contributed by atoms with E-state index < -0.39 is 8.07 Å². The highest BCUT2D eigenvalue weighted by atomic mass is 28.3. The summed E-state index contributed by atoms with van der Waals surface area (Å²) in [7, 11) is -2.76. The lowest BCUT2D eigenvalue weighted by atomic mass is 10.0. The van der Waals surface area contributed by atoms with Gasteiger partial charge in [0, 0.05) is 34.5 Å². The fourth-order valence-corrected chi connectivity index (χ4v) is 14.9. The minimum absolute atomic E-state index is 0.846. The first kappa shape index (κ1) is 32.9. The molecule has 0 N–H and O–H groups in total. The van der Waals surface area contributed by atoms with Crippen LogP contribution in [0.4, 0.5) is 0 Å². The number of hydrogen-bond acceptors (Lipinski definition) is 1. The number of para-hydroxylation sites is 3. The Labute approximate surface area is 337 Å². The molecule has 11 aromatic rings. The van der Waals surface area contributed by atoms with E-state index in [-0.39, 0.29) is 0 Å². The molecule has 0 amide bonds. The van der Waals surface area contributed by atoms with E-state index in [0.717, 1.165) is 34.0 Å². The monoisotopic (exact) mass is 755 g/mol. The Kier molecular flexibility index (Phi) is 7.31. The molecular weight excluding hydrogens is 719 g/mol. The van der Waals surface area contributed by atoms with Gasteiger partial charge in [0.25, 0.3) is 0 Å². The Morgan fingerprint density at radius 1 is 0.397 bits per heavy atom. The van der Waals surface area contributed by atoms with E-state index in [1.54, 1.807) is 0 Å². The third-order valence-corrected chi connectivity index (χ3v) is 17.3. The van der Waals surface area contributed by atoms with Gasteiger partial charge in [-0.05, 0) is 85.5 Å². The van der Waals surface area contributed by atoms with E-state index >= 15 is 0 Å². The van der Waals surface area contributed by atoms with E-state index in [4.69, 9.17) is 4.98 Å². The van der Waals surface area contributed by atoms with Gasteiger partial charge >= 0.3 is 0 Å². The molecule has 0 bridgehead atoms. The number of hydrogen-bond donors (Lipinski definition) is 0. The lowest BCUT2D eigenvalue weighted by Gasteiger charge is -2.34. The second kappa shape index (κ2) is 12.9. The average Bonchev–Trinajstić information content (AvgIpc) is 3.95. The summed E-state index contributed by atoms with van der Waals surface area (Å²) in [4.78, 5) is 4.95. The Morgan fingerprint density at radius 3 is 1.52 bits per heavy atom. The summed E-state index contributed by atoms with van der Waals surface area (Å²) in [5, 5.41) is 9.19. The van der Waals surface area contributed by atoms with Gasteiger partial charge in [0.05, 0.1) is 33.3 Å². The summed E-state index contributed by atoms with van der Waals surface area (Å²) in [6, 6.07) is 76.8. The van der Waals surface area contributed by atoms with Crippen LogP contribution < -0.4 is 20.7 Å². The van der Waals surface area contributed by atoms with Gasteiger partial charge in [0.15, 0.2) is 8.07 Å². The topological polar surface area (TPSA) is 22.8 Å². The maximum Gasteiger partial charge on any atom is 0.179 e. The molecule has 0 spiro atoms. The highest BCUT2D eigenvalue weighted by molar-refractivity contribution is 7.19. The van der Waals surface area contributed by atoms with Crippen LogP contribution in [-0.4, -0.2) is 22.2 Å². The highest BCUT2D eigenvalue weighted by Gasteiger charge is 2.42. The maximum absolute atomic E-state index is 4.95. The van der Waals surface area contributed by atoms with Crippen molar-refractivity contribution >= 4 is 72.6 Å². The first-order valence-corrected chi connectivity index (χ1v) is 22.1. The minimum Gasteiger partial charge on any atom is -0.309 e. The van der Waals surface area contributed by atoms with Gasteiger partial charge < -0.3 is 9.13 Å². The zero-order valence-corrected chi connectivity index (χ0v) is 32.8. The lowest BCUT2D eigenvalue weighted by Crippen LogP contribution is -2.74. The van der Waals surface area contributed by atoms with Crippen molar-refractivity contribution in [1.82, 2.24) is 14.1 Å². The van der Waals surface area contributed by atoms with Crippen LogP contribution in [0.1, 0.15) is 11.1 Å². The number of aromatic nitrogens is 3. The van der Waals surface area contributed by atoms with Gasteiger partial charge in [-0.2, -0.15) is 0 Å². The van der Waals surface area contributed by atoms with Crippen molar-refractivity contribution in [3.63, 3.8) is 0 Å². The maximum atomic E-state index is 4.95. The molecule has 0 aliphatic heterocycles. The van der Waals surface area contributed by atoms with E-state index in [1.165, 1.54) is 70.5 Å². The standard InChI is InChI=1S/C54H37N3Si/c1-4-17-39(18-5-1)58(40-19-6-2-7-20-40,41-21-8-3-9-22-41)42-31-30-37-33-48-47(46(37)36-42)34-38(56-49-26-13-10-23-43(49)44-24-11-14-27-50(44)56)35-53(48)57-51-28-15-12-25-45(51)54-52(57)29-16-32-55-54/h1-32,34-36H,33H2. The molecule has 8 aromatic carbocycles. The first-order chi connectivity index (χ1) is 28.8. The smallest absolute Gasteiger partial charge is 0.179 e. The number of rotatable bonds is 6. The van der Waals surface area contributed by atoms with Crippen LogP contribution >= 0.6 is 0 Å². The first-order valence-electron chi connectivity index (χ1n) is 20.1. The fraction of sp³-hybridized carbons (Fsp3) is 0.0185. The molecule has 272 valence electrons. The molecule has 12 rings (SSSR count). The predicted octanol–water partition coefficient (Wildman–Crippen LogP) is 10.2. The molecule has 0 fully saturated rings. The molecule has 0 atom stereocenters. The number of fused-ring (bicyclic) bond motifs is 9. The second-order valence-electron chi connectivity index (χ2n) is 15.5. The van der Waals surface area contributed by atoms with E-state index in [2.05, 4.69) is 215 Å². The summed E-state index contributed by atoms with van der Waals surface area (Å²) < 4.78 is 4.94. The Bertz CT molecular complexity index is 3160. The van der Waals surface area contributed by atoms with Gasteiger partial charge in [-0.1, -0.05) is 164 Å². The van der Waals surface area contributed by atoms with Crippen molar-refractivity contribution in [3.8, 4) is 22.5 Å². The summed E-state index contributed by atoms with van der Waals surface area (Å²) in [6.45, 7) is 0. The minimum atomic E-state index is -2.76. The second-order valence-corrected chi connectivity index (χ2v) is 19.3. The molecule has 0 saturated carbocycles. The molecule has 1 aliphatic rings. The average molecular weight is 756 g/mol. The van der Waals surface area contributed by atoms with E-state index in [0.29, 0.717) is 0 Å². The van der Waals surface area contributed by atoms with Crippen molar-refractivity contribution in [3.05, 3.63) is 224 Å². The van der Waals surface area contributed by atoms with Crippen LogP contribution in [0.2, 0.25) is 0 Å². The van der Waals surface area contributed by atoms with Gasteiger partial charge in [-0.3, -0.25) is 4.98 Å². The molecule has 4 heteroatoms. The van der Waals surface area contributed by atoms with Crippen LogP contribution in [0, 0.1) is 0 Å². The van der Waals surface area contributed by atoms with Crippen molar-refractivity contribution in [2.24, 2.45) is 0 Å². The van der Waals surface area contributed by atoms with Crippen molar-refractivity contribution < 1.29 is 0 Å². The van der Waals surface area contributed by atoms with E-state index in [1.807, 2.05) is 6.20 Å². The molecule has 3 nitrogen and oxygen atoms in total. The zero-order chi connectivity index (χ0) is 38.2. The molecule has 1 aliphatic carbocycles. The van der Waals surface area contributed by atoms with Crippen LogP contribution in [0.5, 0.6) is 0 Å². The molecule has 0 radical (unpaired) electrons. The summed E-state index contributed by atoms with van der Waals surface area (Å²) in [6.07, 6.45) is 2.76. The molecule has 0 unspecified atom stereocenters. The van der Waals surface area contributed by atoms with Crippen molar-refractivity contribution in [2.45, 2.75) is 6.42 Å². The van der Waals surface area contributed by atoms with Gasteiger partial charge in [0.1, 0.15) is 0 Å². The molecule has 0 saturated heterocycles. The molecule has 58 heavy (non-hydrogen) atoms. The van der Waals surface area contributed by atoms with Gasteiger partial charge in [-0.15, -0.1) is 0 Å². The van der Waals surface area contributed by atoms with Crippen LogP contribution in [0.25, 0.3) is 66.2 Å². The largest absolute Gasteiger partial charge is 0.309 e. The SMILES string of the molecule is c1ccc([Si](c2ccccc2)(c2ccccc2)c2ccc3c(c2)-c2cc(-n4c5ccccc5c5ccccc54)cc(-n4c5ccccc5c5ncccc54)c2C3)cc1. The zero-order valence-electron chi connectivity index (χ0n) is 31.8. The lowest BCUT2D eigenvalue weighted by molar-refractivity contribution is 1.09. The molecule has 3 aromatic heterocycles. The Hall–Kier alpha value is -7.27. The van der Waals surface area contributed by atoms with Crippen LogP contribution in [0.15, 0.2) is 212 Å². The normalized spacial score (nSPS) is 12.4. The summed E-state index contributed by atoms with van der Waals surface area (Å²) in [5.74, 6) is 0. The number of nitrogens with zero attached hydrogens (tertiary/aromatic N) is 3. The Balaban J connectivity index is 1.19. The van der Waals surface area contributed by atoms with Crippen LogP contribution in [0.3, 0.4) is 0 Å². The van der Waals surface area contributed by atoms with Gasteiger partial charge in [-0.25, -0.2) is 0 Å². The number of pyridine rings is 1. The van der Waals surface area contributed by atoms with Crippen LogP contribution in [-0.2, 0) is 6.42 Å². The van der Waals surface area contributed by atoms with E-state index in [9.17, 15) is 0 Å². The molecule has 3 heterocycles.